The first kappa shape index (κ1) is 44.3. The topological polar surface area (TPSA) is 374 Å². The van der Waals surface area contributed by atoms with Crippen LogP contribution in [0.3, 0.4) is 0 Å². The molecule has 0 unspecified atom stereocenters. The van der Waals surface area contributed by atoms with Crippen LogP contribution in [0.1, 0.15) is 25.7 Å². The fraction of sp³-hybridized carbons (Fsp3) is 0.967. The van der Waals surface area contributed by atoms with Gasteiger partial charge < -0.3 is 104 Å². The summed E-state index contributed by atoms with van der Waals surface area (Å²) >= 11 is 0. The van der Waals surface area contributed by atoms with Gasteiger partial charge in [-0.15, -0.1) is 0 Å². The van der Waals surface area contributed by atoms with E-state index in [4.69, 9.17) is 62.8 Å². The lowest BCUT2D eigenvalue weighted by atomic mass is 9.83. The summed E-state index contributed by atoms with van der Waals surface area (Å²) in [6.07, 6.45) is -19.0. The minimum absolute atomic E-state index is 0.219. The van der Waals surface area contributed by atoms with Gasteiger partial charge in [0.05, 0.1) is 37.4 Å². The Hall–Kier alpha value is -1.43. The number of carbonyl (C=O) groups is 1. The fourth-order valence-electron chi connectivity index (χ4n) is 6.79. The summed E-state index contributed by atoms with van der Waals surface area (Å²) in [6.45, 7) is -0.679. The monoisotopic (exact) mass is 776 g/mol. The molecule has 4 aliphatic rings. The third-order valence-electron chi connectivity index (χ3n) is 10.0. The van der Waals surface area contributed by atoms with Crippen LogP contribution in [0.4, 0.5) is 8.78 Å². The molecule has 310 valence electrons. The second-order valence-electron chi connectivity index (χ2n) is 13.9. The molecule has 3 saturated heterocycles. The summed E-state index contributed by atoms with van der Waals surface area (Å²) in [6, 6.07) is -4.48. The van der Waals surface area contributed by atoms with E-state index >= 15 is 0 Å². The molecule has 18 atom stereocenters. The quantitative estimate of drug-likeness (QED) is 0.0610. The zero-order chi connectivity index (χ0) is 39.2. The molecule has 23 heteroatoms. The van der Waals surface area contributed by atoms with Gasteiger partial charge in [0.1, 0.15) is 54.9 Å². The van der Waals surface area contributed by atoms with Gasteiger partial charge >= 0.3 is 0 Å². The predicted octanol–water partition coefficient (Wildman–Crippen LogP) is -7.74. The van der Waals surface area contributed by atoms with Crippen molar-refractivity contribution in [3.63, 3.8) is 0 Å². The summed E-state index contributed by atoms with van der Waals surface area (Å²) in [7, 11) is 0. The SMILES string of the molecule is NCCCNC[C@@H]1CC[C@@H](N)[C@@H](O[C@H]2[C@H](O[C@@H]3O[C@H](CO)[C@@H](O[C@H]4O[C@@H](CN)[C@@H](O)[C@H](O)[C@H]4N)[C@H]3O)[C@@H](O)[C@H](NC(=O)[C@@H](O)C(F)(F)CN)C[C@@H]2N)O1. The van der Waals surface area contributed by atoms with Crippen molar-refractivity contribution in [1.82, 2.24) is 10.6 Å². The van der Waals surface area contributed by atoms with Crippen molar-refractivity contribution in [3.8, 4) is 0 Å². The van der Waals surface area contributed by atoms with Gasteiger partial charge in [-0.3, -0.25) is 4.79 Å². The van der Waals surface area contributed by atoms with E-state index in [1.54, 1.807) is 0 Å². The summed E-state index contributed by atoms with van der Waals surface area (Å²) in [5.41, 5.74) is 35.1. The molecule has 1 amide bonds. The number of rotatable bonds is 17. The second kappa shape index (κ2) is 19.6. The Morgan fingerprint density at radius 1 is 0.830 bits per heavy atom. The van der Waals surface area contributed by atoms with E-state index in [-0.39, 0.29) is 19.1 Å². The Morgan fingerprint density at radius 3 is 2.13 bits per heavy atom. The molecule has 4 fully saturated rings. The maximum Gasteiger partial charge on any atom is 0.294 e. The number of aliphatic hydroxyl groups excluding tert-OH is 6. The number of carbonyl (C=O) groups excluding carboxylic acids is 1. The number of aliphatic hydroxyl groups is 6. The number of alkyl halides is 2. The molecule has 3 heterocycles. The van der Waals surface area contributed by atoms with E-state index in [9.17, 15) is 44.2 Å². The first-order valence-electron chi connectivity index (χ1n) is 17.8. The molecule has 4 rings (SSSR count). The minimum atomic E-state index is -3.99. The van der Waals surface area contributed by atoms with Gasteiger partial charge in [0.25, 0.3) is 11.8 Å². The van der Waals surface area contributed by atoms with Gasteiger partial charge in [0, 0.05) is 19.1 Å². The van der Waals surface area contributed by atoms with E-state index in [1.807, 2.05) is 0 Å². The standard InChI is InChI=1S/C30H58F2N8O13/c31-30(32,10-35)25(46)26(47)40-14-6-13(37)22(51-27-12(36)3-2-11(48-27)8-39-5-1-4-33)24(18(14)42)53-29-21(45)23(16(9-41)50-29)52-28-17(38)20(44)19(43)15(7-34)49-28/h11-25,27-29,39,41-46H,1-10,33-38H2,(H,40,47)/t11-,12+,13-,14+,15-,16+,17+,18-,19+,20+,21+,22+,23+,24+,25+,27+,28+,29-/m0/s1. The molecule has 21 nitrogen and oxygen atoms in total. The highest BCUT2D eigenvalue weighted by Gasteiger charge is 2.54. The van der Waals surface area contributed by atoms with E-state index in [0.717, 1.165) is 6.42 Å². The van der Waals surface area contributed by atoms with Crippen LogP contribution in [0.2, 0.25) is 0 Å². The average molecular weight is 777 g/mol. The van der Waals surface area contributed by atoms with Gasteiger partial charge in [-0.2, -0.15) is 0 Å². The van der Waals surface area contributed by atoms with Gasteiger partial charge in [-0.25, -0.2) is 8.78 Å². The molecule has 0 spiro atoms. The van der Waals surface area contributed by atoms with Gasteiger partial charge in [-0.05, 0) is 38.8 Å². The van der Waals surface area contributed by atoms with Crippen molar-refractivity contribution in [2.45, 2.75) is 142 Å². The maximum atomic E-state index is 14.1. The van der Waals surface area contributed by atoms with E-state index in [0.29, 0.717) is 32.5 Å². The number of hydrogen-bond acceptors (Lipinski definition) is 20. The van der Waals surface area contributed by atoms with Crippen molar-refractivity contribution < 1.29 is 72.6 Å². The average Bonchev–Trinajstić information content (AvgIpc) is 3.43. The zero-order valence-electron chi connectivity index (χ0n) is 29.2. The van der Waals surface area contributed by atoms with Crippen LogP contribution >= 0.6 is 0 Å². The summed E-state index contributed by atoms with van der Waals surface area (Å²) < 4.78 is 63.8. The molecular formula is C30H58F2N8O13. The number of ether oxygens (including phenoxy) is 6. The molecule has 0 radical (unpaired) electrons. The third-order valence-corrected chi connectivity index (χ3v) is 10.0. The molecule has 53 heavy (non-hydrogen) atoms. The van der Waals surface area contributed by atoms with Crippen LogP contribution in [0.15, 0.2) is 0 Å². The van der Waals surface area contributed by atoms with Crippen molar-refractivity contribution in [3.05, 3.63) is 0 Å². The molecule has 3 aliphatic heterocycles. The minimum Gasteiger partial charge on any atom is -0.394 e. The molecule has 0 aromatic carbocycles. The fourth-order valence-corrected chi connectivity index (χ4v) is 6.79. The molecule has 1 saturated carbocycles. The number of halogens is 2. The maximum absolute atomic E-state index is 14.1. The Morgan fingerprint density at radius 2 is 1.49 bits per heavy atom. The summed E-state index contributed by atoms with van der Waals surface area (Å²) in [5, 5.41) is 69.1. The largest absolute Gasteiger partial charge is 0.394 e. The van der Waals surface area contributed by atoms with Crippen LogP contribution in [0.5, 0.6) is 0 Å². The third kappa shape index (κ3) is 10.5. The normalized spacial score (nSPS) is 43.1. The Balaban J connectivity index is 1.55. The smallest absolute Gasteiger partial charge is 0.294 e. The highest BCUT2D eigenvalue weighted by atomic mass is 19.3. The molecular weight excluding hydrogens is 718 g/mol. The van der Waals surface area contributed by atoms with Gasteiger partial charge in [0.2, 0.25) is 0 Å². The summed E-state index contributed by atoms with van der Waals surface area (Å²) in [4.78, 5) is 12.7. The Bertz CT molecular complexity index is 1150. The highest BCUT2D eigenvalue weighted by Crippen LogP contribution is 2.35. The number of nitrogens with two attached hydrogens (primary N) is 6. The molecule has 0 aromatic heterocycles. The number of hydrogen-bond donors (Lipinski definition) is 14. The molecule has 20 N–H and O–H groups in total. The van der Waals surface area contributed by atoms with Crippen LogP contribution in [0.25, 0.3) is 0 Å². The lowest BCUT2D eigenvalue weighted by Crippen LogP contribution is -2.67. The lowest BCUT2D eigenvalue weighted by molar-refractivity contribution is -0.290. The molecule has 0 bridgehead atoms. The van der Waals surface area contributed by atoms with Crippen molar-refractivity contribution in [1.29, 1.82) is 0 Å². The zero-order valence-corrected chi connectivity index (χ0v) is 29.2. The number of nitrogens with one attached hydrogen (secondary N) is 2. The van der Waals surface area contributed by atoms with Crippen LogP contribution in [0, 0.1) is 0 Å². The van der Waals surface area contributed by atoms with Crippen LogP contribution in [-0.4, -0.2) is 192 Å². The molecule has 1 aliphatic carbocycles. The Labute approximate surface area is 304 Å². The van der Waals surface area contributed by atoms with Crippen molar-refractivity contribution >= 4 is 5.91 Å². The number of amides is 1. The van der Waals surface area contributed by atoms with Gasteiger partial charge in [0.15, 0.2) is 25.0 Å². The van der Waals surface area contributed by atoms with Crippen LogP contribution < -0.4 is 45.0 Å². The van der Waals surface area contributed by atoms with E-state index in [1.165, 1.54) is 0 Å². The Kier molecular flexibility index (Phi) is 16.4. The first-order valence-corrected chi connectivity index (χ1v) is 17.8. The lowest BCUT2D eigenvalue weighted by Gasteiger charge is -2.47. The molecule has 0 aromatic rings. The summed E-state index contributed by atoms with van der Waals surface area (Å²) in [5.74, 6) is -5.54. The van der Waals surface area contributed by atoms with Crippen molar-refractivity contribution in [2.75, 3.05) is 39.3 Å². The highest BCUT2D eigenvalue weighted by molar-refractivity contribution is 5.82. The first-order chi connectivity index (χ1) is 25.1. The van der Waals surface area contributed by atoms with Crippen molar-refractivity contribution in [2.24, 2.45) is 34.4 Å². The van der Waals surface area contributed by atoms with E-state index in [2.05, 4.69) is 10.6 Å². The van der Waals surface area contributed by atoms with E-state index < -0.39 is 129 Å². The second-order valence-corrected chi connectivity index (χ2v) is 13.9. The van der Waals surface area contributed by atoms with Gasteiger partial charge in [-0.1, -0.05) is 0 Å². The predicted molar refractivity (Wildman–Crippen MR) is 177 cm³/mol. The van der Waals surface area contributed by atoms with Crippen LogP contribution in [-0.2, 0) is 33.2 Å².